The number of fused-ring (bicyclic) bond motifs is 1. The Morgan fingerprint density at radius 3 is 2.48 bits per heavy atom. The summed E-state index contributed by atoms with van der Waals surface area (Å²) in [6.45, 7) is 0. The zero-order valence-corrected chi connectivity index (χ0v) is 12.2. The molecule has 114 valence electrons. The van der Waals surface area contributed by atoms with Crippen LogP contribution in [0.15, 0.2) is 54.9 Å². The summed E-state index contributed by atoms with van der Waals surface area (Å²) in [5.41, 5.74) is 0.631. The first-order valence-corrected chi connectivity index (χ1v) is 6.80. The first kappa shape index (κ1) is 14.6. The van der Waals surface area contributed by atoms with Crippen LogP contribution in [-0.2, 0) is 4.74 Å². The Hall–Kier alpha value is -3.28. The SMILES string of the molecule is COC(=O)c1ncc2cccnc2c1OC(=O)c1ccccc1. The second kappa shape index (κ2) is 6.23. The van der Waals surface area contributed by atoms with Crippen molar-refractivity contribution in [3.63, 3.8) is 0 Å². The van der Waals surface area contributed by atoms with Gasteiger partial charge in [-0.1, -0.05) is 18.2 Å². The molecule has 23 heavy (non-hydrogen) atoms. The third-order valence-electron chi connectivity index (χ3n) is 3.18. The molecular formula is C17H12N2O4. The topological polar surface area (TPSA) is 78.4 Å². The van der Waals surface area contributed by atoms with Gasteiger partial charge in [0, 0.05) is 17.8 Å². The molecule has 2 heterocycles. The lowest BCUT2D eigenvalue weighted by atomic mass is 10.2. The van der Waals surface area contributed by atoms with Gasteiger partial charge >= 0.3 is 11.9 Å². The molecule has 0 saturated carbocycles. The van der Waals surface area contributed by atoms with Gasteiger partial charge < -0.3 is 9.47 Å². The quantitative estimate of drug-likeness (QED) is 0.692. The Balaban J connectivity index is 2.10. The number of carbonyl (C=O) groups is 2. The highest BCUT2D eigenvalue weighted by atomic mass is 16.5. The third kappa shape index (κ3) is 2.87. The van der Waals surface area contributed by atoms with Gasteiger partial charge in [-0.25, -0.2) is 14.6 Å². The number of rotatable bonds is 3. The molecule has 0 aliphatic rings. The maximum absolute atomic E-state index is 12.3. The molecule has 0 aliphatic heterocycles. The molecule has 0 atom stereocenters. The van der Waals surface area contributed by atoms with Gasteiger partial charge in [-0.2, -0.15) is 0 Å². The maximum Gasteiger partial charge on any atom is 0.360 e. The van der Waals surface area contributed by atoms with Gasteiger partial charge in [0.25, 0.3) is 0 Å². The summed E-state index contributed by atoms with van der Waals surface area (Å²) in [4.78, 5) is 32.4. The lowest BCUT2D eigenvalue weighted by molar-refractivity contribution is 0.0586. The van der Waals surface area contributed by atoms with Crippen molar-refractivity contribution in [1.82, 2.24) is 9.97 Å². The molecule has 3 aromatic rings. The lowest BCUT2D eigenvalue weighted by Gasteiger charge is -2.10. The number of ether oxygens (including phenoxy) is 2. The summed E-state index contributed by atoms with van der Waals surface area (Å²) in [6.07, 6.45) is 3.03. The average Bonchev–Trinajstić information content (AvgIpc) is 2.62. The summed E-state index contributed by atoms with van der Waals surface area (Å²) in [6, 6.07) is 12.0. The van der Waals surface area contributed by atoms with Crippen LogP contribution in [0.2, 0.25) is 0 Å². The second-order valence-electron chi connectivity index (χ2n) is 4.62. The largest absolute Gasteiger partial charge is 0.464 e. The minimum atomic E-state index is -0.701. The minimum Gasteiger partial charge on any atom is -0.464 e. The van der Waals surface area contributed by atoms with Crippen molar-refractivity contribution in [3.05, 3.63) is 66.1 Å². The van der Waals surface area contributed by atoms with Gasteiger partial charge in [0.05, 0.1) is 12.7 Å². The highest BCUT2D eigenvalue weighted by molar-refractivity contribution is 6.00. The zero-order chi connectivity index (χ0) is 16.2. The van der Waals surface area contributed by atoms with Crippen molar-refractivity contribution in [2.75, 3.05) is 7.11 Å². The number of pyridine rings is 2. The van der Waals surface area contributed by atoms with Crippen LogP contribution < -0.4 is 4.74 Å². The molecule has 0 unspecified atom stereocenters. The molecule has 0 bridgehead atoms. The number of esters is 2. The van der Waals surface area contributed by atoms with E-state index in [4.69, 9.17) is 9.47 Å². The van der Waals surface area contributed by atoms with E-state index in [-0.39, 0.29) is 11.4 Å². The number of aromatic nitrogens is 2. The highest BCUT2D eigenvalue weighted by Crippen LogP contribution is 2.27. The Labute approximate surface area is 131 Å². The zero-order valence-electron chi connectivity index (χ0n) is 12.2. The summed E-state index contributed by atoms with van der Waals surface area (Å²) in [7, 11) is 1.23. The number of hydrogen-bond donors (Lipinski definition) is 0. The van der Waals surface area contributed by atoms with Crippen molar-refractivity contribution < 1.29 is 19.1 Å². The fourth-order valence-corrected chi connectivity index (χ4v) is 2.08. The van der Waals surface area contributed by atoms with Crippen LogP contribution in [-0.4, -0.2) is 29.0 Å². The van der Waals surface area contributed by atoms with Gasteiger partial charge in [-0.3, -0.25) is 4.98 Å². The fraction of sp³-hybridized carbons (Fsp3) is 0.0588. The molecule has 0 N–H and O–H groups in total. The molecule has 2 aromatic heterocycles. The predicted molar refractivity (Wildman–Crippen MR) is 82.3 cm³/mol. The van der Waals surface area contributed by atoms with Crippen LogP contribution in [0, 0.1) is 0 Å². The number of benzene rings is 1. The first-order valence-electron chi connectivity index (χ1n) is 6.80. The van der Waals surface area contributed by atoms with Crippen molar-refractivity contribution in [2.45, 2.75) is 0 Å². The van der Waals surface area contributed by atoms with E-state index < -0.39 is 11.9 Å². The summed E-state index contributed by atoms with van der Waals surface area (Å²) >= 11 is 0. The monoisotopic (exact) mass is 308 g/mol. The van der Waals surface area contributed by atoms with Crippen molar-refractivity contribution in [2.24, 2.45) is 0 Å². The molecule has 0 fully saturated rings. The van der Waals surface area contributed by atoms with E-state index in [9.17, 15) is 9.59 Å². The summed E-state index contributed by atoms with van der Waals surface area (Å²) < 4.78 is 10.1. The minimum absolute atomic E-state index is 0.0104. The normalized spacial score (nSPS) is 10.3. The molecule has 0 spiro atoms. The van der Waals surface area contributed by atoms with Gasteiger partial charge in [-0.15, -0.1) is 0 Å². The molecule has 3 rings (SSSR count). The smallest absolute Gasteiger partial charge is 0.360 e. The third-order valence-corrected chi connectivity index (χ3v) is 3.18. The number of methoxy groups -OCH3 is 1. The van der Waals surface area contributed by atoms with E-state index in [1.54, 1.807) is 48.7 Å². The Morgan fingerprint density at radius 2 is 1.74 bits per heavy atom. The van der Waals surface area contributed by atoms with Crippen molar-refractivity contribution >= 4 is 22.8 Å². The Kier molecular flexibility index (Phi) is 3.97. The number of nitrogens with zero attached hydrogens (tertiary/aromatic N) is 2. The van der Waals surface area contributed by atoms with Gasteiger partial charge in [0.15, 0.2) is 11.4 Å². The second-order valence-corrected chi connectivity index (χ2v) is 4.62. The van der Waals surface area contributed by atoms with E-state index in [1.165, 1.54) is 13.3 Å². The molecule has 6 nitrogen and oxygen atoms in total. The van der Waals surface area contributed by atoms with Crippen molar-refractivity contribution in [3.8, 4) is 5.75 Å². The molecule has 1 aromatic carbocycles. The van der Waals surface area contributed by atoms with Gasteiger partial charge in [-0.05, 0) is 24.3 Å². The Bertz CT molecular complexity index is 878. The molecule has 0 aliphatic carbocycles. The van der Waals surface area contributed by atoms with Gasteiger partial charge in [0.2, 0.25) is 0 Å². The van der Waals surface area contributed by atoms with E-state index in [1.807, 2.05) is 0 Å². The standard InChI is InChI=1S/C17H12N2O4/c1-22-17(21)14-15(13-12(10-19-14)8-5-9-18-13)23-16(20)11-6-3-2-4-7-11/h2-10H,1H3. The number of carbonyl (C=O) groups excluding carboxylic acids is 2. The van der Waals surface area contributed by atoms with E-state index >= 15 is 0 Å². The van der Waals surface area contributed by atoms with Crippen LogP contribution in [0.4, 0.5) is 0 Å². The Morgan fingerprint density at radius 1 is 0.957 bits per heavy atom. The van der Waals surface area contributed by atoms with E-state index in [0.717, 1.165) is 0 Å². The average molecular weight is 308 g/mol. The first-order chi connectivity index (χ1) is 11.2. The fourth-order valence-electron chi connectivity index (χ4n) is 2.08. The summed E-state index contributed by atoms with van der Waals surface area (Å²) in [5.74, 6) is -1.31. The maximum atomic E-state index is 12.3. The van der Waals surface area contributed by atoms with Gasteiger partial charge in [0.1, 0.15) is 5.52 Å². The van der Waals surface area contributed by atoms with E-state index in [0.29, 0.717) is 16.5 Å². The van der Waals surface area contributed by atoms with E-state index in [2.05, 4.69) is 9.97 Å². The van der Waals surface area contributed by atoms with Crippen LogP contribution >= 0.6 is 0 Å². The predicted octanol–water partition coefficient (Wildman–Crippen LogP) is 2.64. The van der Waals surface area contributed by atoms with Crippen LogP contribution in [0.5, 0.6) is 5.75 Å². The van der Waals surface area contributed by atoms with Crippen LogP contribution in [0.25, 0.3) is 10.9 Å². The van der Waals surface area contributed by atoms with Crippen LogP contribution in [0.3, 0.4) is 0 Å². The highest BCUT2D eigenvalue weighted by Gasteiger charge is 2.22. The molecular weight excluding hydrogens is 296 g/mol. The molecule has 6 heteroatoms. The number of hydrogen-bond acceptors (Lipinski definition) is 6. The lowest BCUT2D eigenvalue weighted by Crippen LogP contribution is -2.14. The molecule has 0 radical (unpaired) electrons. The van der Waals surface area contributed by atoms with Crippen molar-refractivity contribution in [1.29, 1.82) is 0 Å². The molecule has 0 saturated heterocycles. The summed E-state index contributed by atoms with van der Waals surface area (Å²) in [5, 5.41) is 0.649. The van der Waals surface area contributed by atoms with Crippen LogP contribution in [0.1, 0.15) is 20.8 Å². The molecule has 0 amide bonds.